The molecular formula is C15H23N5. The van der Waals surface area contributed by atoms with Crippen LogP contribution in [0.2, 0.25) is 0 Å². The molecule has 0 atom stereocenters. The van der Waals surface area contributed by atoms with Crippen LogP contribution in [0.1, 0.15) is 48.7 Å². The molecule has 0 radical (unpaired) electrons. The van der Waals surface area contributed by atoms with E-state index in [-0.39, 0.29) is 0 Å². The summed E-state index contributed by atoms with van der Waals surface area (Å²) < 4.78 is 4.13. The molecule has 2 heterocycles. The molecule has 1 aliphatic rings. The zero-order chi connectivity index (χ0) is 13.9. The van der Waals surface area contributed by atoms with E-state index in [0.29, 0.717) is 6.04 Å². The Bertz CT molecular complexity index is 563. The summed E-state index contributed by atoms with van der Waals surface area (Å²) >= 11 is 0. The lowest BCUT2D eigenvalue weighted by molar-refractivity contribution is 0.442. The molecule has 108 valence electrons. The number of hydrogen-bond donors (Lipinski definition) is 1. The molecule has 0 aliphatic heterocycles. The molecule has 1 saturated carbocycles. The largest absolute Gasteiger partial charge is 0.307 e. The number of nitrogens with one attached hydrogen (secondary N) is 1. The van der Waals surface area contributed by atoms with E-state index < -0.39 is 0 Å². The third-order valence-corrected chi connectivity index (χ3v) is 4.38. The number of aryl methyl sites for hydroxylation is 1. The van der Waals surface area contributed by atoms with E-state index in [1.165, 1.54) is 42.6 Å². The highest BCUT2D eigenvalue weighted by Crippen LogP contribution is 2.29. The molecule has 1 N–H and O–H groups in total. The molecule has 0 unspecified atom stereocenters. The van der Waals surface area contributed by atoms with E-state index in [0.717, 1.165) is 13.1 Å². The van der Waals surface area contributed by atoms with Crippen molar-refractivity contribution in [3.63, 3.8) is 0 Å². The van der Waals surface area contributed by atoms with Gasteiger partial charge in [0.2, 0.25) is 0 Å². The number of hydrogen-bond acceptors (Lipinski definition) is 3. The minimum atomic E-state index is 0.613. The Hall–Kier alpha value is -1.62. The molecule has 2 aromatic rings. The van der Waals surface area contributed by atoms with Crippen LogP contribution < -0.4 is 5.32 Å². The van der Waals surface area contributed by atoms with Crippen molar-refractivity contribution in [3.8, 4) is 0 Å². The summed E-state index contributed by atoms with van der Waals surface area (Å²) in [4.78, 5) is 0. The number of rotatable bonds is 5. The first-order valence-electron chi connectivity index (χ1n) is 7.46. The topological polar surface area (TPSA) is 47.7 Å². The Kier molecular flexibility index (Phi) is 3.87. The molecule has 0 amide bonds. The average molecular weight is 273 g/mol. The summed E-state index contributed by atoms with van der Waals surface area (Å²) in [6.07, 6.45) is 9.09. The molecule has 20 heavy (non-hydrogen) atoms. The highest BCUT2D eigenvalue weighted by atomic mass is 15.3. The first-order valence-corrected chi connectivity index (χ1v) is 7.46. The predicted octanol–water partition coefficient (Wildman–Crippen LogP) is 2.33. The third kappa shape index (κ3) is 2.63. The Balaban J connectivity index is 1.59. The summed E-state index contributed by atoms with van der Waals surface area (Å²) in [6, 6.07) is 2.74. The van der Waals surface area contributed by atoms with Gasteiger partial charge in [0.15, 0.2) is 0 Å². The van der Waals surface area contributed by atoms with Crippen LogP contribution in [0.4, 0.5) is 0 Å². The normalized spacial score (nSPS) is 16.1. The highest BCUT2D eigenvalue weighted by Gasteiger charge is 2.19. The fourth-order valence-electron chi connectivity index (χ4n) is 3.00. The summed E-state index contributed by atoms with van der Waals surface area (Å²) in [7, 11) is 1.98. The molecule has 2 aromatic heterocycles. The van der Waals surface area contributed by atoms with E-state index in [2.05, 4.69) is 33.2 Å². The SMILES string of the molecule is Cc1c(CNCc2ccnn2C2CCCC2)cnn1C. The van der Waals surface area contributed by atoms with E-state index in [1.807, 2.05) is 24.1 Å². The van der Waals surface area contributed by atoms with Crippen molar-refractivity contribution in [1.29, 1.82) is 0 Å². The second kappa shape index (κ2) is 5.79. The van der Waals surface area contributed by atoms with Crippen LogP contribution in [0, 0.1) is 6.92 Å². The lowest BCUT2D eigenvalue weighted by atomic mass is 10.2. The maximum Gasteiger partial charge on any atom is 0.0537 e. The molecule has 0 aromatic carbocycles. The fraction of sp³-hybridized carbons (Fsp3) is 0.600. The first-order chi connectivity index (χ1) is 9.75. The fourth-order valence-corrected chi connectivity index (χ4v) is 3.00. The van der Waals surface area contributed by atoms with Crippen LogP contribution in [0.15, 0.2) is 18.5 Å². The minimum absolute atomic E-state index is 0.613. The standard InChI is InChI=1S/C15H23N5/c1-12-13(10-18-19(12)2)9-16-11-15-7-8-17-20(15)14-5-3-4-6-14/h7-8,10,14,16H,3-6,9,11H2,1-2H3. The van der Waals surface area contributed by atoms with Crippen LogP contribution in [0.25, 0.3) is 0 Å². The summed E-state index contributed by atoms with van der Waals surface area (Å²) in [5, 5.41) is 12.3. The van der Waals surface area contributed by atoms with Crippen molar-refractivity contribution < 1.29 is 0 Å². The highest BCUT2D eigenvalue weighted by molar-refractivity contribution is 5.15. The smallest absolute Gasteiger partial charge is 0.0537 e. The van der Waals surface area contributed by atoms with Gasteiger partial charge in [-0.2, -0.15) is 10.2 Å². The van der Waals surface area contributed by atoms with Gasteiger partial charge >= 0.3 is 0 Å². The number of nitrogens with zero attached hydrogens (tertiary/aromatic N) is 4. The predicted molar refractivity (Wildman–Crippen MR) is 78.2 cm³/mol. The van der Waals surface area contributed by atoms with E-state index in [1.54, 1.807) is 0 Å². The van der Waals surface area contributed by atoms with Crippen LogP contribution in [0.3, 0.4) is 0 Å². The monoisotopic (exact) mass is 273 g/mol. The van der Waals surface area contributed by atoms with Gasteiger partial charge in [0.1, 0.15) is 0 Å². The molecule has 5 heteroatoms. The molecular weight excluding hydrogens is 250 g/mol. The van der Waals surface area contributed by atoms with Gasteiger partial charge in [-0.25, -0.2) is 0 Å². The molecule has 0 saturated heterocycles. The van der Waals surface area contributed by atoms with Crippen molar-refractivity contribution in [2.24, 2.45) is 7.05 Å². The lowest BCUT2D eigenvalue weighted by Gasteiger charge is -2.14. The average Bonchev–Trinajstić information content (AvgIpc) is 3.15. The van der Waals surface area contributed by atoms with Crippen LogP contribution >= 0.6 is 0 Å². The van der Waals surface area contributed by atoms with Crippen molar-refractivity contribution in [1.82, 2.24) is 24.9 Å². The Morgan fingerprint density at radius 3 is 2.75 bits per heavy atom. The summed E-state index contributed by atoms with van der Waals surface area (Å²) in [5.41, 5.74) is 3.78. The maximum absolute atomic E-state index is 4.51. The van der Waals surface area contributed by atoms with Gasteiger partial charge in [0.05, 0.1) is 17.9 Å². The second-order valence-electron chi connectivity index (χ2n) is 5.69. The van der Waals surface area contributed by atoms with Crippen molar-refractivity contribution in [2.75, 3.05) is 0 Å². The zero-order valence-electron chi connectivity index (χ0n) is 12.3. The van der Waals surface area contributed by atoms with Gasteiger partial charge < -0.3 is 5.32 Å². The minimum Gasteiger partial charge on any atom is -0.307 e. The Morgan fingerprint density at radius 1 is 1.25 bits per heavy atom. The quantitative estimate of drug-likeness (QED) is 0.909. The van der Waals surface area contributed by atoms with Gasteiger partial charge in [0, 0.05) is 37.6 Å². The number of aromatic nitrogens is 4. The third-order valence-electron chi connectivity index (χ3n) is 4.38. The lowest BCUT2D eigenvalue weighted by Crippen LogP contribution is -2.18. The Morgan fingerprint density at radius 2 is 2.05 bits per heavy atom. The Labute approximate surface area is 120 Å². The van der Waals surface area contributed by atoms with Gasteiger partial charge in [-0.15, -0.1) is 0 Å². The molecule has 1 aliphatic carbocycles. The van der Waals surface area contributed by atoms with Crippen molar-refractivity contribution in [3.05, 3.63) is 35.4 Å². The van der Waals surface area contributed by atoms with Crippen LogP contribution in [-0.2, 0) is 20.1 Å². The summed E-state index contributed by atoms with van der Waals surface area (Å²) in [5.74, 6) is 0. The van der Waals surface area contributed by atoms with E-state index in [4.69, 9.17) is 0 Å². The van der Waals surface area contributed by atoms with Gasteiger partial charge in [-0.05, 0) is 25.8 Å². The molecule has 0 spiro atoms. The molecule has 3 rings (SSSR count). The van der Waals surface area contributed by atoms with E-state index in [9.17, 15) is 0 Å². The van der Waals surface area contributed by atoms with Crippen molar-refractivity contribution >= 4 is 0 Å². The van der Waals surface area contributed by atoms with Gasteiger partial charge in [-0.1, -0.05) is 12.8 Å². The van der Waals surface area contributed by atoms with Crippen LogP contribution in [-0.4, -0.2) is 19.6 Å². The maximum atomic E-state index is 4.51. The van der Waals surface area contributed by atoms with Crippen LogP contribution in [0.5, 0.6) is 0 Å². The molecule has 5 nitrogen and oxygen atoms in total. The second-order valence-corrected chi connectivity index (χ2v) is 5.69. The molecule has 0 bridgehead atoms. The van der Waals surface area contributed by atoms with Gasteiger partial charge in [0.25, 0.3) is 0 Å². The van der Waals surface area contributed by atoms with E-state index >= 15 is 0 Å². The molecule has 1 fully saturated rings. The zero-order valence-corrected chi connectivity index (χ0v) is 12.3. The van der Waals surface area contributed by atoms with Crippen molar-refractivity contribution in [2.45, 2.75) is 51.7 Å². The van der Waals surface area contributed by atoms with Gasteiger partial charge in [-0.3, -0.25) is 9.36 Å². The summed E-state index contributed by atoms with van der Waals surface area (Å²) in [6.45, 7) is 3.83. The first kappa shape index (κ1) is 13.4.